The summed E-state index contributed by atoms with van der Waals surface area (Å²) < 4.78 is 17.1. The first-order chi connectivity index (χ1) is 14.4. The Morgan fingerprint density at radius 1 is 1.07 bits per heavy atom. The number of carbonyl (C=O) groups is 1. The molecule has 0 spiro atoms. The molecule has 3 aromatic heterocycles. The molecule has 1 amide bonds. The van der Waals surface area contributed by atoms with E-state index in [0.29, 0.717) is 22.6 Å². The van der Waals surface area contributed by atoms with Crippen LogP contribution in [0.4, 0.5) is 10.2 Å². The van der Waals surface area contributed by atoms with Gasteiger partial charge in [0.15, 0.2) is 11.5 Å². The van der Waals surface area contributed by atoms with Gasteiger partial charge in [-0.15, -0.1) is 0 Å². The number of primary amides is 1. The van der Waals surface area contributed by atoms with Crippen LogP contribution in [-0.4, -0.2) is 29.8 Å². The number of carbonyl (C=O) groups excluding carboxylic acids is 1. The zero-order chi connectivity index (χ0) is 21.0. The molecule has 0 radical (unpaired) electrons. The monoisotopic (exact) mass is 401 g/mol. The van der Waals surface area contributed by atoms with Gasteiger partial charge in [0, 0.05) is 24.4 Å². The van der Waals surface area contributed by atoms with E-state index in [-0.39, 0.29) is 17.3 Å². The number of halogens is 1. The maximum absolute atomic E-state index is 13.5. The van der Waals surface area contributed by atoms with Crippen molar-refractivity contribution in [2.45, 2.75) is 0 Å². The van der Waals surface area contributed by atoms with E-state index in [2.05, 4.69) is 15.0 Å². The molecular weight excluding hydrogens is 385 g/mol. The number of nitrogens with two attached hydrogens (primary N) is 2. The number of fused-ring (bicyclic) bond motifs is 2. The second-order valence-electron chi connectivity index (χ2n) is 6.94. The highest BCUT2D eigenvalue weighted by Crippen LogP contribution is 2.34. The Kier molecular flexibility index (Phi) is 3.78. The first kappa shape index (κ1) is 17.8. The Balaban J connectivity index is 1.89. The van der Waals surface area contributed by atoms with Crippen molar-refractivity contribution < 1.29 is 9.18 Å². The third kappa shape index (κ3) is 2.67. The second-order valence-corrected chi connectivity index (χ2v) is 6.94. The van der Waals surface area contributed by atoms with Gasteiger partial charge in [-0.1, -0.05) is 6.07 Å². The predicted molar refractivity (Wildman–Crippen MR) is 111 cm³/mol. The summed E-state index contributed by atoms with van der Waals surface area (Å²) in [6.07, 6.45) is 3.26. The minimum Gasteiger partial charge on any atom is -0.381 e. The summed E-state index contributed by atoms with van der Waals surface area (Å²) in [5.74, 6) is -0.897. The summed E-state index contributed by atoms with van der Waals surface area (Å²) in [5.41, 5.74) is 16.4. The summed E-state index contributed by atoms with van der Waals surface area (Å²) >= 11 is 0. The predicted octanol–water partition coefficient (Wildman–Crippen LogP) is 2.77. The summed E-state index contributed by atoms with van der Waals surface area (Å²) in [5, 5.41) is 0. The fourth-order valence-electron chi connectivity index (χ4n) is 3.55. The molecule has 0 atom stereocenters. The zero-order valence-corrected chi connectivity index (χ0v) is 15.9. The van der Waals surface area contributed by atoms with Crippen LogP contribution in [0.1, 0.15) is 10.5 Å². The molecule has 30 heavy (non-hydrogen) atoms. The van der Waals surface area contributed by atoms with Crippen LogP contribution in [0.3, 0.4) is 0 Å². The standard InChI is InChI=1S/C21H16FN7O/c1-28-10-25-14-7-4-12(8-16(14)28)18-17(11-2-5-13(22)6-3-11)27-19(23)21-26-15(20(24)30)9-29(18)21/h2-10H,1H3,(H2,23,27)(H2,24,30). The van der Waals surface area contributed by atoms with E-state index < -0.39 is 5.91 Å². The molecular formula is C21H16FN7O. The lowest BCUT2D eigenvalue weighted by Crippen LogP contribution is -2.10. The normalized spacial score (nSPS) is 11.4. The molecule has 3 heterocycles. The number of anilines is 1. The molecule has 9 heteroatoms. The van der Waals surface area contributed by atoms with Crippen LogP contribution in [0.25, 0.3) is 39.2 Å². The number of aromatic nitrogens is 5. The maximum atomic E-state index is 13.5. The van der Waals surface area contributed by atoms with Crippen LogP contribution in [-0.2, 0) is 7.05 Å². The molecule has 5 aromatic rings. The fraction of sp³-hybridized carbons (Fsp3) is 0.0476. The van der Waals surface area contributed by atoms with E-state index >= 15 is 0 Å². The van der Waals surface area contributed by atoms with Crippen molar-refractivity contribution >= 4 is 28.4 Å². The van der Waals surface area contributed by atoms with Crippen molar-refractivity contribution in [1.82, 2.24) is 23.9 Å². The number of nitrogens with zero attached hydrogens (tertiary/aromatic N) is 5. The molecule has 0 aliphatic carbocycles. The first-order valence-corrected chi connectivity index (χ1v) is 9.08. The largest absolute Gasteiger partial charge is 0.381 e. The van der Waals surface area contributed by atoms with Gasteiger partial charge in [0.2, 0.25) is 0 Å². The third-order valence-electron chi connectivity index (χ3n) is 5.00. The molecule has 0 aliphatic heterocycles. The van der Waals surface area contributed by atoms with Crippen LogP contribution in [0, 0.1) is 5.82 Å². The minimum atomic E-state index is -0.672. The average molecular weight is 401 g/mol. The second kappa shape index (κ2) is 6.38. The third-order valence-corrected chi connectivity index (χ3v) is 5.00. The summed E-state index contributed by atoms with van der Waals surface area (Å²) in [6.45, 7) is 0. The number of amides is 1. The van der Waals surface area contributed by atoms with Crippen molar-refractivity contribution in [3.05, 3.63) is 66.5 Å². The van der Waals surface area contributed by atoms with Gasteiger partial charge in [-0.25, -0.2) is 19.3 Å². The first-order valence-electron chi connectivity index (χ1n) is 9.08. The van der Waals surface area contributed by atoms with Gasteiger partial charge < -0.3 is 16.0 Å². The number of hydrogen-bond acceptors (Lipinski definition) is 5. The average Bonchev–Trinajstić information content (AvgIpc) is 3.33. The Labute approximate surface area is 169 Å². The van der Waals surface area contributed by atoms with Gasteiger partial charge in [-0.05, 0) is 36.4 Å². The molecule has 0 bridgehead atoms. The number of nitrogen functional groups attached to an aromatic ring is 1. The lowest BCUT2D eigenvalue weighted by Gasteiger charge is -2.14. The van der Waals surface area contributed by atoms with Gasteiger partial charge >= 0.3 is 0 Å². The molecule has 0 saturated heterocycles. The SMILES string of the molecule is Cn1cnc2ccc(-c3c(-c4ccc(F)cc4)nc(N)c4nc(C(N)=O)cn34)cc21. The molecule has 0 saturated carbocycles. The van der Waals surface area contributed by atoms with Crippen molar-refractivity contribution in [1.29, 1.82) is 0 Å². The van der Waals surface area contributed by atoms with Gasteiger partial charge in [0.1, 0.15) is 11.5 Å². The summed E-state index contributed by atoms with van der Waals surface area (Å²) in [7, 11) is 1.90. The van der Waals surface area contributed by atoms with Gasteiger partial charge in [-0.3, -0.25) is 9.20 Å². The number of imidazole rings is 2. The van der Waals surface area contributed by atoms with Crippen molar-refractivity contribution in [2.24, 2.45) is 12.8 Å². The van der Waals surface area contributed by atoms with Crippen LogP contribution >= 0.6 is 0 Å². The molecule has 148 valence electrons. The quantitative estimate of drug-likeness (QED) is 0.482. The van der Waals surface area contributed by atoms with E-state index in [4.69, 9.17) is 11.5 Å². The van der Waals surface area contributed by atoms with E-state index in [1.165, 1.54) is 18.3 Å². The molecule has 4 N–H and O–H groups in total. The van der Waals surface area contributed by atoms with Gasteiger partial charge in [0.05, 0.1) is 28.7 Å². The highest BCUT2D eigenvalue weighted by atomic mass is 19.1. The van der Waals surface area contributed by atoms with Crippen molar-refractivity contribution in [3.63, 3.8) is 0 Å². The lowest BCUT2D eigenvalue weighted by molar-refractivity contribution is 0.0996. The minimum absolute atomic E-state index is 0.0719. The summed E-state index contributed by atoms with van der Waals surface area (Å²) in [4.78, 5) is 24.9. The van der Waals surface area contributed by atoms with Crippen LogP contribution in [0.2, 0.25) is 0 Å². The van der Waals surface area contributed by atoms with Crippen LogP contribution < -0.4 is 11.5 Å². The molecule has 8 nitrogen and oxygen atoms in total. The lowest BCUT2D eigenvalue weighted by atomic mass is 10.0. The highest BCUT2D eigenvalue weighted by Gasteiger charge is 2.20. The van der Waals surface area contributed by atoms with Gasteiger partial charge in [-0.2, -0.15) is 0 Å². The highest BCUT2D eigenvalue weighted by molar-refractivity contribution is 5.93. The Morgan fingerprint density at radius 3 is 2.53 bits per heavy atom. The topological polar surface area (TPSA) is 117 Å². The Bertz CT molecular complexity index is 1450. The van der Waals surface area contributed by atoms with E-state index in [1.807, 2.05) is 29.8 Å². The van der Waals surface area contributed by atoms with Crippen LogP contribution in [0.15, 0.2) is 55.0 Å². The summed E-state index contributed by atoms with van der Waals surface area (Å²) in [6, 6.07) is 11.7. The van der Waals surface area contributed by atoms with E-state index in [0.717, 1.165) is 16.6 Å². The maximum Gasteiger partial charge on any atom is 0.268 e. The van der Waals surface area contributed by atoms with Crippen molar-refractivity contribution in [2.75, 3.05) is 5.73 Å². The van der Waals surface area contributed by atoms with Gasteiger partial charge in [0.25, 0.3) is 5.91 Å². The molecule has 0 aliphatic rings. The molecule has 0 unspecified atom stereocenters. The van der Waals surface area contributed by atoms with Crippen molar-refractivity contribution in [3.8, 4) is 22.5 Å². The fourth-order valence-corrected chi connectivity index (χ4v) is 3.55. The Hall–Kier alpha value is -4.27. The molecule has 5 rings (SSSR count). The zero-order valence-electron chi connectivity index (χ0n) is 15.9. The number of hydrogen-bond donors (Lipinski definition) is 2. The van der Waals surface area contributed by atoms with E-state index in [9.17, 15) is 9.18 Å². The van der Waals surface area contributed by atoms with Crippen LogP contribution in [0.5, 0.6) is 0 Å². The number of aryl methyl sites for hydroxylation is 1. The smallest absolute Gasteiger partial charge is 0.268 e. The molecule has 0 fully saturated rings. The van der Waals surface area contributed by atoms with E-state index in [1.54, 1.807) is 22.9 Å². The Morgan fingerprint density at radius 2 is 1.80 bits per heavy atom. The number of benzene rings is 2. The number of rotatable bonds is 3. The molecule has 2 aromatic carbocycles.